The van der Waals surface area contributed by atoms with Gasteiger partial charge in [0.05, 0.1) is 0 Å². The molecule has 52 heavy (non-hydrogen) atoms. The maximum atomic E-state index is 2.57. The fourth-order valence-corrected chi connectivity index (χ4v) is 8.18. The molecule has 0 saturated carbocycles. The van der Waals surface area contributed by atoms with Gasteiger partial charge in [-0.2, -0.15) is 0 Å². The average molecular weight is 703 g/mol. The van der Waals surface area contributed by atoms with Gasteiger partial charge in [0.1, 0.15) is 24.5 Å². The molecular formula is C49H51ClN2. The Morgan fingerprint density at radius 1 is 0.462 bits per heavy atom. The van der Waals surface area contributed by atoms with Crippen molar-refractivity contribution in [1.82, 2.24) is 0 Å². The molecule has 0 amide bonds. The molecule has 0 radical (unpaired) electrons. The molecule has 0 bridgehead atoms. The lowest BCUT2D eigenvalue weighted by Gasteiger charge is -2.25. The molecule has 1 heterocycles. The van der Waals surface area contributed by atoms with Gasteiger partial charge in [0, 0.05) is 45.9 Å². The van der Waals surface area contributed by atoms with Gasteiger partial charge in [-0.25, -0.2) is 9.48 Å². The highest BCUT2D eigenvalue weighted by atomic mass is 35.5. The second-order valence-corrected chi connectivity index (χ2v) is 14.6. The SMILES string of the molecule is Cc1cc(C(C)c2ccccc2)c(N2C=[N+](c3c(C(C)c4ccccc4)cc(C)cc3C(C)c3ccccc3)CC2)c(C(C)c2ccccc2)c1.[Cl-]. The van der Waals surface area contributed by atoms with Crippen LogP contribution in [0.25, 0.3) is 0 Å². The summed E-state index contributed by atoms with van der Waals surface area (Å²) in [6.45, 7) is 15.8. The van der Waals surface area contributed by atoms with E-state index in [0.29, 0.717) is 0 Å². The molecular weight excluding hydrogens is 652 g/mol. The Hall–Kier alpha value is -4.92. The Labute approximate surface area is 317 Å². The van der Waals surface area contributed by atoms with E-state index in [1.165, 1.54) is 67.0 Å². The van der Waals surface area contributed by atoms with Crippen molar-refractivity contribution in [3.8, 4) is 0 Å². The van der Waals surface area contributed by atoms with Gasteiger partial charge in [-0.15, -0.1) is 0 Å². The van der Waals surface area contributed by atoms with E-state index in [1.807, 2.05) is 0 Å². The topological polar surface area (TPSA) is 6.25 Å². The second-order valence-electron chi connectivity index (χ2n) is 14.6. The summed E-state index contributed by atoms with van der Waals surface area (Å²) in [6.07, 6.45) is 2.43. The molecule has 264 valence electrons. The van der Waals surface area contributed by atoms with Gasteiger partial charge >= 0.3 is 0 Å². The van der Waals surface area contributed by atoms with E-state index in [0.717, 1.165) is 13.1 Å². The monoisotopic (exact) mass is 702 g/mol. The lowest BCUT2D eigenvalue weighted by molar-refractivity contribution is -0.425. The fraction of sp³-hybridized carbons (Fsp3) is 0.245. The first-order valence-electron chi connectivity index (χ1n) is 18.7. The van der Waals surface area contributed by atoms with Crippen molar-refractivity contribution in [2.45, 2.75) is 65.2 Å². The number of aryl methyl sites for hydroxylation is 2. The van der Waals surface area contributed by atoms with Crippen LogP contribution in [-0.4, -0.2) is 24.0 Å². The first-order valence-corrected chi connectivity index (χ1v) is 18.7. The van der Waals surface area contributed by atoms with Crippen LogP contribution in [0.3, 0.4) is 0 Å². The summed E-state index contributed by atoms with van der Waals surface area (Å²) < 4.78 is 2.57. The average Bonchev–Trinajstić information content (AvgIpc) is 3.66. The molecule has 4 atom stereocenters. The normalized spacial score (nSPS) is 15.0. The molecule has 0 saturated heterocycles. The fourth-order valence-electron chi connectivity index (χ4n) is 8.18. The summed E-state index contributed by atoms with van der Waals surface area (Å²) in [5.41, 5.74) is 16.2. The minimum Gasteiger partial charge on any atom is -1.00 e. The summed E-state index contributed by atoms with van der Waals surface area (Å²) >= 11 is 0. The molecule has 3 heteroatoms. The van der Waals surface area contributed by atoms with Crippen molar-refractivity contribution in [1.29, 1.82) is 0 Å². The molecule has 1 aliphatic rings. The van der Waals surface area contributed by atoms with Gasteiger partial charge < -0.3 is 12.4 Å². The van der Waals surface area contributed by atoms with Crippen LogP contribution in [0.5, 0.6) is 0 Å². The highest BCUT2D eigenvalue weighted by Crippen LogP contribution is 2.44. The van der Waals surface area contributed by atoms with E-state index in [-0.39, 0.29) is 36.1 Å². The molecule has 2 nitrogen and oxygen atoms in total. The molecule has 0 spiro atoms. The first-order chi connectivity index (χ1) is 24.8. The molecule has 1 aliphatic heterocycles. The Kier molecular flexibility index (Phi) is 11.5. The lowest BCUT2D eigenvalue weighted by Crippen LogP contribution is -3.00. The smallest absolute Gasteiger partial charge is 0.244 e. The quantitative estimate of drug-likeness (QED) is 0.129. The summed E-state index contributed by atoms with van der Waals surface area (Å²) in [6, 6.07) is 53.7. The van der Waals surface area contributed by atoms with E-state index >= 15 is 0 Å². The van der Waals surface area contributed by atoms with E-state index in [9.17, 15) is 0 Å². The molecule has 6 aromatic carbocycles. The highest BCUT2D eigenvalue weighted by molar-refractivity contribution is 5.84. The van der Waals surface area contributed by atoms with Crippen molar-refractivity contribution >= 4 is 17.7 Å². The zero-order valence-electron chi connectivity index (χ0n) is 31.4. The third-order valence-electron chi connectivity index (χ3n) is 11.1. The number of hydrogen-bond donors (Lipinski definition) is 0. The van der Waals surface area contributed by atoms with Crippen molar-refractivity contribution in [3.63, 3.8) is 0 Å². The Balaban J connectivity index is 0.00000464. The number of nitrogens with zero attached hydrogens (tertiary/aromatic N) is 2. The standard InChI is InChI=1S/C49H51N2.ClH/c1-34-29-44(36(3)40-19-11-7-12-20-40)48(45(30-34)37(4)41-21-13-8-14-22-41)50-27-28-51(33-50)49-46(38(5)42-23-15-9-16-24-42)31-35(2)32-47(49)39(6)43-25-17-10-18-26-43;/h7-26,29-33,36-39H,27-28H2,1-6H3;1H/q+1;/p-1. The van der Waals surface area contributed by atoms with Crippen LogP contribution in [-0.2, 0) is 0 Å². The summed E-state index contributed by atoms with van der Waals surface area (Å²) in [5, 5.41) is 0. The molecule has 4 unspecified atom stereocenters. The van der Waals surface area contributed by atoms with Gasteiger partial charge in [-0.1, -0.05) is 184 Å². The predicted octanol–water partition coefficient (Wildman–Crippen LogP) is 9.11. The Morgan fingerprint density at radius 2 is 0.769 bits per heavy atom. The van der Waals surface area contributed by atoms with E-state index in [1.54, 1.807) is 0 Å². The third-order valence-corrected chi connectivity index (χ3v) is 11.1. The molecule has 0 N–H and O–H groups in total. The summed E-state index contributed by atoms with van der Waals surface area (Å²) in [5.74, 6) is 0.970. The number of benzene rings is 6. The van der Waals surface area contributed by atoms with Crippen molar-refractivity contribution in [3.05, 3.63) is 201 Å². The van der Waals surface area contributed by atoms with Crippen LogP contribution < -0.4 is 17.3 Å². The zero-order chi connectivity index (χ0) is 35.5. The number of rotatable bonds is 10. The third kappa shape index (κ3) is 7.50. The summed E-state index contributed by atoms with van der Waals surface area (Å²) in [4.78, 5) is 2.57. The maximum Gasteiger partial charge on any atom is 0.244 e. The van der Waals surface area contributed by atoms with Crippen LogP contribution in [0, 0.1) is 13.8 Å². The minimum absolute atomic E-state index is 0. The van der Waals surface area contributed by atoms with E-state index in [4.69, 9.17) is 0 Å². The number of hydrogen-bond acceptors (Lipinski definition) is 1. The largest absolute Gasteiger partial charge is 1.00 e. The maximum absolute atomic E-state index is 2.57. The molecule has 0 fully saturated rings. The van der Waals surface area contributed by atoms with E-state index < -0.39 is 0 Å². The molecule has 0 aliphatic carbocycles. The van der Waals surface area contributed by atoms with Crippen molar-refractivity contribution in [2.75, 3.05) is 18.0 Å². The van der Waals surface area contributed by atoms with Crippen LogP contribution in [0.15, 0.2) is 146 Å². The van der Waals surface area contributed by atoms with Crippen LogP contribution >= 0.6 is 0 Å². The number of halogens is 1. The second kappa shape index (κ2) is 16.2. The minimum atomic E-state index is 0. The van der Waals surface area contributed by atoms with Gasteiger partial charge in [-0.05, 0) is 36.1 Å². The summed E-state index contributed by atoms with van der Waals surface area (Å²) in [7, 11) is 0. The predicted molar refractivity (Wildman–Crippen MR) is 216 cm³/mol. The van der Waals surface area contributed by atoms with Gasteiger partial charge in [0.2, 0.25) is 6.34 Å². The van der Waals surface area contributed by atoms with Crippen molar-refractivity contribution in [2.24, 2.45) is 0 Å². The Bertz CT molecular complexity index is 1990. The van der Waals surface area contributed by atoms with Gasteiger partial charge in [0.25, 0.3) is 0 Å². The highest BCUT2D eigenvalue weighted by Gasteiger charge is 2.34. The van der Waals surface area contributed by atoms with Crippen LogP contribution in [0.4, 0.5) is 11.4 Å². The van der Waals surface area contributed by atoms with Crippen LogP contribution in [0.2, 0.25) is 0 Å². The molecule has 0 aromatic heterocycles. The molecule has 7 rings (SSSR count). The van der Waals surface area contributed by atoms with E-state index in [2.05, 4.69) is 203 Å². The van der Waals surface area contributed by atoms with Crippen molar-refractivity contribution < 1.29 is 17.0 Å². The Morgan fingerprint density at radius 3 is 1.12 bits per heavy atom. The molecule has 6 aromatic rings. The van der Waals surface area contributed by atoms with Gasteiger partial charge in [0.15, 0.2) is 0 Å². The first kappa shape index (κ1) is 36.9. The lowest BCUT2D eigenvalue weighted by atomic mass is 9.83. The van der Waals surface area contributed by atoms with Gasteiger partial charge in [-0.3, -0.25) is 0 Å². The number of anilines is 1. The van der Waals surface area contributed by atoms with Crippen LogP contribution in [0.1, 0.15) is 107 Å². The zero-order valence-corrected chi connectivity index (χ0v) is 32.2.